The lowest BCUT2D eigenvalue weighted by atomic mass is 10.2. The number of pyridine rings is 1. The second kappa shape index (κ2) is 6.91. The van der Waals surface area contributed by atoms with E-state index in [1.807, 2.05) is 24.3 Å². The third kappa shape index (κ3) is 3.95. The number of aromatic nitrogens is 1. The molecule has 1 fully saturated rings. The molecule has 1 aliphatic rings. The fourth-order valence-corrected chi connectivity index (χ4v) is 2.56. The molecule has 0 unspecified atom stereocenters. The molecular weight excluding hydrogens is 330 g/mol. The maximum Gasteiger partial charge on any atom is 0.130 e. The molecule has 1 aliphatic heterocycles. The molecule has 5 heteroatoms. The van der Waals surface area contributed by atoms with Gasteiger partial charge in [-0.1, -0.05) is 0 Å². The van der Waals surface area contributed by atoms with Gasteiger partial charge in [-0.15, -0.1) is 0 Å². The second-order valence-electron chi connectivity index (χ2n) is 4.99. The summed E-state index contributed by atoms with van der Waals surface area (Å²) in [5.41, 5.74) is 2.18. The normalized spacial score (nSPS) is 15.0. The zero-order valence-corrected chi connectivity index (χ0v) is 13.3. The van der Waals surface area contributed by atoms with Crippen molar-refractivity contribution in [2.75, 3.05) is 31.1 Å². The predicted octanol–water partition coefficient (Wildman–Crippen LogP) is 2.83. The van der Waals surface area contributed by atoms with Crippen molar-refractivity contribution in [1.29, 1.82) is 0 Å². The minimum atomic E-state index is 0.486. The van der Waals surface area contributed by atoms with Gasteiger partial charge in [-0.05, 0) is 52.3 Å². The first kappa shape index (κ1) is 14.4. The Labute approximate surface area is 133 Å². The summed E-state index contributed by atoms with van der Waals surface area (Å²) in [7, 11) is 0. The topological polar surface area (TPSA) is 37.4 Å². The lowest BCUT2D eigenvalue weighted by Gasteiger charge is -2.29. The number of nitrogens with zero attached hydrogens (tertiary/aromatic N) is 2. The van der Waals surface area contributed by atoms with Crippen molar-refractivity contribution in [3.05, 3.63) is 52.8 Å². The van der Waals surface area contributed by atoms with Crippen LogP contribution in [0.5, 0.6) is 5.75 Å². The standard InChI is InChI=1S/C16H18BrN3O/c17-13-1-2-14(19-11-13)12-21-16-5-3-15(4-6-16)20-9-7-18-8-10-20/h1-6,11,18H,7-10,12H2. The van der Waals surface area contributed by atoms with Crippen LogP contribution in [0, 0.1) is 0 Å². The van der Waals surface area contributed by atoms with Crippen LogP contribution < -0.4 is 15.0 Å². The molecule has 1 aromatic heterocycles. The van der Waals surface area contributed by atoms with Crippen molar-refractivity contribution in [3.8, 4) is 5.75 Å². The van der Waals surface area contributed by atoms with Gasteiger partial charge in [-0.2, -0.15) is 0 Å². The van der Waals surface area contributed by atoms with Gasteiger partial charge in [-0.25, -0.2) is 0 Å². The number of hydrogen-bond donors (Lipinski definition) is 1. The van der Waals surface area contributed by atoms with E-state index in [0.717, 1.165) is 42.1 Å². The van der Waals surface area contributed by atoms with E-state index in [-0.39, 0.29) is 0 Å². The van der Waals surface area contributed by atoms with Crippen molar-refractivity contribution < 1.29 is 4.74 Å². The Morgan fingerprint density at radius 1 is 1.10 bits per heavy atom. The Kier molecular flexibility index (Phi) is 4.72. The van der Waals surface area contributed by atoms with E-state index >= 15 is 0 Å². The van der Waals surface area contributed by atoms with Crippen LogP contribution in [0.1, 0.15) is 5.69 Å². The van der Waals surface area contributed by atoms with E-state index < -0.39 is 0 Å². The minimum Gasteiger partial charge on any atom is -0.487 e. The lowest BCUT2D eigenvalue weighted by molar-refractivity contribution is 0.301. The number of piperazine rings is 1. The highest BCUT2D eigenvalue weighted by atomic mass is 79.9. The van der Waals surface area contributed by atoms with Gasteiger partial charge in [0.25, 0.3) is 0 Å². The van der Waals surface area contributed by atoms with Crippen LogP contribution in [-0.2, 0) is 6.61 Å². The molecule has 21 heavy (non-hydrogen) atoms. The van der Waals surface area contributed by atoms with Crippen molar-refractivity contribution in [2.24, 2.45) is 0 Å². The fourth-order valence-electron chi connectivity index (χ4n) is 2.33. The quantitative estimate of drug-likeness (QED) is 0.922. The van der Waals surface area contributed by atoms with E-state index in [0.29, 0.717) is 6.61 Å². The van der Waals surface area contributed by atoms with Crippen LogP contribution in [0.15, 0.2) is 47.1 Å². The van der Waals surface area contributed by atoms with Gasteiger partial charge < -0.3 is 15.0 Å². The summed E-state index contributed by atoms with van der Waals surface area (Å²) < 4.78 is 6.74. The monoisotopic (exact) mass is 347 g/mol. The summed E-state index contributed by atoms with van der Waals surface area (Å²) in [5, 5.41) is 3.36. The fraction of sp³-hybridized carbons (Fsp3) is 0.312. The lowest BCUT2D eigenvalue weighted by Crippen LogP contribution is -2.43. The molecule has 0 atom stereocenters. The Bertz CT molecular complexity index is 565. The summed E-state index contributed by atoms with van der Waals surface area (Å²) in [4.78, 5) is 6.68. The number of benzene rings is 1. The minimum absolute atomic E-state index is 0.486. The molecule has 0 spiro atoms. The van der Waals surface area contributed by atoms with E-state index in [1.54, 1.807) is 6.20 Å². The van der Waals surface area contributed by atoms with Crippen LogP contribution in [-0.4, -0.2) is 31.2 Å². The largest absolute Gasteiger partial charge is 0.487 e. The molecule has 3 rings (SSSR count). The third-order valence-corrected chi connectivity index (χ3v) is 3.96. The maximum atomic E-state index is 5.77. The summed E-state index contributed by atoms with van der Waals surface area (Å²) in [6, 6.07) is 12.2. The van der Waals surface area contributed by atoms with Crippen LogP contribution in [0.25, 0.3) is 0 Å². The SMILES string of the molecule is Brc1ccc(COc2ccc(N3CCNCC3)cc2)nc1. The highest BCUT2D eigenvalue weighted by Gasteiger charge is 2.10. The molecule has 0 amide bonds. The first-order valence-corrected chi connectivity index (χ1v) is 7.89. The molecule has 4 nitrogen and oxygen atoms in total. The molecular formula is C16H18BrN3O. The van der Waals surface area contributed by atoms with E-state index in [2.05, 4.69) is 43.3 Å². The zero-order valence-electron chi connectivity index (χ0n) is 11.8. The van der Waals surface area contributed by atoms with Gasteiger partial charge in [0.2, 0.25) is 0 Å². The summed E-state index contributed by atoms with van der Waals surface area (Å²) in [5.74, 6) is 0.874. The number of ether oxygens (including phenoxy) is 1. The zero-order chi connectivity index (χ0) is 14.5. The molecule has 0 saturated carbocycles. The molecule has 0 aliphatic carbocycles. The van der Waals surface area contributed by atoms with Crippen molar-refractivity contribution >= 4 is 21.6 Å². The first-order valence-electron chi connectivity index (χ1n) is 7.10. The molecule has 1 saturated heterocycles. The van der Waals surface area contributed by atoms with Gasteiger partial charge >= 0.3 is 0 Å². The van der Waals surface area contributed by atoms with Gasteiger partial charge in [0, 0.05) is 42.5 Å². The molecule has 2 aromatic rings. The molecule has 0 bridgehead atoms. The second-order valence-corrected chi connectivity index (χ2v) is 5.90. The van der Waals surface area contributed by atoms with Crippen molar-refractivity contribution in [1.82, 2.24) is 10.3 Å². The first-order chi connectivity index (χ1) is 10.3. The number of anilines is 1. The highest BCUT2D eigenvalue weighted by Crippen LogP contribution is 2.20. The van der Waals surface area contributed by atoms with Crippen LogP contribution in [0.2, 0.25) is 0 Å². The van der Waals surface area contributed by atoms with Crippen LogP contribution >= 0.6 is 15.9 Å². The smallest absolute Gasteiger partial charge is 0.130 e. The Morgan fingerprint density at radius 3 is 2.52 bits per heavy atom. The molecule has 1 aromatic carbocycles. The number of nitrogens with one attached hydrogen (secondary N) is 1. The van der Waals surface area contributed by atoms with Crippen LogP contribution in [0.4, 0.5) is 5.69 Å². The van der Waals surface area contributed by atoms with Crippen molar-refractivity contribution in [3.63, 3.8) is 0 Å². The molecule has 0 radical (unpaired) electrons. The number of halogens is 1. The average Bonchev–Trinajstić information content (AvgIpc) is 2.56. The van der Waals surface area contributed by atoms with Gasteiger partial charge in [0.1, 0.15) is 12.4 Å². The maximum absolute atomic E-state index is 5.77. The number of hydrogen-bond acceptors (Lipinski definition) is 4. The van der Waals surface area contributed by atoms with Gasteiger partial charge in [0.05, 0.1) is 5.69 Å². The number of rotatable bonds is 4. The highest BCUT2D eigenvalue weighted by molar-refractivity contribution is 9.10. The Hall–Kier alpha value is -1.59. The van der Waals surface area contributed by atoms with Crippen LogP contribution in [0.3, 0.4) is 0 Å². The molecule has 2 heterocycles. The van der Waals surface area contributed by atoms with Gasteiger partial charge in [0.15, 0.2) is 0 Å². The predicted molar refractivity (Wildman–Crippen MR) is 87.8 cm³/mol. The molecule has 110 valence electrons. The van der Waals surface area contributed by atoms with E-state index in [1.165, 1.54) is 5.69 Å². The van der Waals surface area contributed by atoms with E-state index in [4.69, 9.17) is 4.74 Å². The van der Waals surface area contributed by atoms with Crippen molar-refractivity contribution in [2.45, 2.75) is 6.61 Å². The van der Waals surface area contributed by atoms with E-state index in [9.17, 15) is 0 Å². The third-order valence-electron chi connectivity index (χ3n) is 3.49. The summed E-state index contributed by atoms with van der Waals surface area (Å²) in [6.07, 6.45) is 1.78. The Balaban J connectivity index is 1.57. The molecule has 1 N–H and O–H groups in total. The Morgan fingerprint density at radius 2 is 1.86 bits per heavy atom. The average molecular weight is 348 g/mol. The van der Waals surface area contributed by atoms with Gasteiger partial charge in [-0.3, -0.25) is 4.98 Å². The summed E-state index contributed by atoms with van der Waals surface area (Å²) >= 11 is 3.37. The summed E-state index contributed by atoms with van der Waals surface area (Å²) in [6.45, 7) is 4.70.